The monoisotopic (exact) mass is 529 g/mol. The topological polar surface area (TPSA) is 74.7 Å². The molecule has 0 radical (unpaired) electrons. The first-order valence-electron chi connectivity index (χ1n) is 12.2. The van der Waals surface area contributed by atoms with E-state index in [1.807, 2.05) is 31.2 Å². The lowest BCUT2D eigenvalue weighted by molar-refractivity contribution is -0.141. The van der Waals surface area contributed by atoms with Gasteiger partial charge in [-0.05, 0) is 65.9 Å². The van der Waals surface area contributed by atoms with Gasteiger partial charge in [0.2, 0.25) is 0 Å². The summed E-state index contributed by atoms with van der Waals surface area (Å²) >= 11 is 0. The second kappa shape index (κ2) is 9.99. The van der Waals surface area contributed by atoms with Crippen LogP contribution >= 0.6 is 0 Å². The number of hydrogen-bond acceptors (Lipinski definition) is 5. The van der Waals surface area contributed by atoms with Crippen molar-refractivity contribution in [2.45, 2.75) is 25.6 Å². The molecule has 10 heteroatoms. The van der Waals surface area contributed by atoms with Gasteiger partial charge in [-0.1, -0.05) is 18.2 Å². The van der Waals surface area contributed by atoms with Gasteiger partial charge in [0.15, 0.2) is 0 Å². The van der Waals surface area contributed by atoms with Crippen LogP contribution in [0.3, 0.4) is 0 Å². The molecule has 200 valence electrons. The fourth-order valence-electron chi connectivity index (χ4n) is 5.33. The number of benzene rings is 2. The summed E-state index contributed by atoms with van der Waals surface area (Å²) in [5, 5.41) is 12.8. The van der Waals surface area contributed by atoms with Crippen molar-refractivity contribution in [3.8, 4) is 11.1 Å². The van der Waals surface area contributed by atoms with Gasteiger partial charge in [-0.3, -0.25) is 14.2 Å². The number of fused-ring (bicyclic) bond motifs is 3. The maximum Gasteiger partial charge on any atom is 0.433 e. The summed E-state index contributed by atoms with van der Waals surface area (Å²) in [5.41, 5.74) is 2.78. The van der Waals surface area contributed by atoms with Crippen molar-refractivity contribution in [1.82, 2.24) is 4.98 Å². The zero-order valence-corrected chi connectivity index (χ0v) is 20.7. The molecule has 3 aromatic rings. The SMILES string of the molecule is Cc1ccc(NC(=O)c2ccnc(C(F)(F)F)c2)cc1-c1ccc2c(c1)N1CCOC[C@@H]1[C@@](CO)(CF)C2. The van der Waals surface area contributed by atoms with Crippen LogP contribution in [0.1, 0.15) is 27.2 Å². The van der Waals surface area contributed by atoms with E-state index in [0.29, 0.717) is 31.9 Å². The molecule has 3 heterocycles. The van der Waals surface area contributed by atoms with E-state index < -0.39 is 29.9 Å². The van der Waals surface area contributed by atoms with E-state index in [0.717, 1.165) is 40.2 Å². The first-order chi connectivity index (χ1) is 18.1. The average Bonchev–Trinajstić information content (AvgIpc) is 2.93. The van der Waals surface area contributed by atoms with Gasteiger partial charge in [-0.2, -0.15) is 13.2 Å². The number of aliphatic hydroxyl groups excluding tert-OH is 1. The molecule has 38 heavy (non-hydrogen) atoms. The van der Waals surface area contributed by atoms with Gasteiger partial charge < -0.3 is 20.1 Å². The number of hydrogen-bond donors (Lipinski definition) is 2. The lowest BCUT2D eigenvalue weighted by Gasteiger charge is -2.51. The van der Waals surface area contributed by atoms with Crippen LogP contribution in [0, 0.1) is 12.3 Å². The van der Waals surface area contributed by atoms with E-state index in [1.54, 1.807) is 12.1 Å². The Bertz CT molecular complexity index is 1360. The summed E-state index contributed by atoms with van der Waals surface area (Å²) in [6.07, 6.45) is -3.31. The lowest BCUT2D eigenvalue weighted by atomic mass is 9.72. The number of halogens is 4. The van der Waals surface area contributed by atoms with E-state index in [2.05, 4.69) is 15.2 Å². The van der Waals surface area contributed by atoms with Crippen LogP contribution in [-0.2, 0) is 17.3 Å². The minimum absolute atomic E-state index is 0.151. The van der Waals surface area contributed by atoms with Crippen LogP contribution in [0.4, 0.5) is 28.9 Å². The highest BCUT2D eigenvalue weighted by Gasteiger charge is 2.48. The predicted octanol–water partition coefficient (Wildman–Crippen LogP) is 5.04. The van der Waals surface area contributed by atoms with Crippen LogP contribution < -0.4 is 10.2 Å². The molecule has 2 atom stereocenters. The van der Waals surface area contributed by atoms with Crippen molar-refractivity contribution in [1.29, 1.82) is 0 Å². The highest BCUT2D eigenvalue weighted by atomic mass is 19.4. The number of aromatic nitrogens is 1. The number of aliphatic hydroxyl groups is 1. The van der Waals surface area contributed by atoms with Crippen LogP contribution in [0.5, 0.6) is 0 Å². The average molecular weight is 530 g/mol. The van der Waals surface area contributed by atoms with Gasteiger partial charge in [-0.15, -0.1) is 0 Å². The molecule has 2 aliphatic heterocycles. The van der Waals surface area contributed by atoms with Crippen molar-refractivity contribution in [3.05, 3.63) is 77.1 Å². The van der Waals surface area contributed by atoms with E-state index in [4.69, 9.17) is 4.74 Å². The number of nitrogens with one attached hydrogen (secondary N) is 1. The molecule has 2 aromatic carbocycles. The second-order valence-electron chi connectivity index (χ2n) is 9.87. The first-order valence-corrected chi connectivity index (χ1v) is 12.2. The minimum Gasteiger partial charge on any atom is -0.396 e. The number of rotatable bonds is 5. The Balaban J connectivity index is 1.45. The number of carbonyl (C=O) groups excluding carboxylic acids is 1. The summed E-state index contributed by atoms with van der Waals surface area (Å²) in [5.74, 6) is -0.680. The summed E-state index contributed by atoms with van der Waals surface area (Å²) in [6, 6.07) is 12.8. The van der Waals surface area contributed by atoms with E-state index in [1.165, 1.54) is 6.07 Å². The van der Waals surface area contributed by atoms with Gasteiger partial charge in [0.25, 0.3) is 5.91 Å². The molecule has 0 unspecified atom stereocenters. The predicted molar refractivity (Wildman–Crippen MR) is 135 cm³/mol. The Morgan fingerprint density at radius 1 is 1.21 bits per heavy atom. The number of pyridine rings is 1. The van der Waals surface area contributed by atoms with E-state index in [-0.39, 0.29) is 18.2 Å². The molecule has 1 amide bonds. The van der Waals surface area contributed by atoms with Crippen LogP contribution in [0.2, 0.25) is 0 Å². The van der Waals surface area contributed by atoms with E-state index >= 15 is 0 Å². The van der Waals surface area contributed by atoms with Crippen LogP contribution in [0.25, 0.3) is 11.1 Å². The number of carbonyl (C=O) groups is 1. The van der Waals surface area contributed by atoms with Gasteiger partial charge in [0.1, 0.15) is 5.69 Å². The molecule has 1 saturated heterocycles. The van der Waals surface area contributed by atoms with Crippen molar-refractivity contribution in [2.75, 3.05) is 43.3 Å². The zero-order valence-electron chi connectivity index (χ0n) is 20.7. The molecule has 2 N–H and O–H groups in total. The summed E-state index contributed by atoms with van der Waals surface area (Å²) in [6.45, 7) is 2.40. The second-order valence-corrected chi connectivity index (χ2v) is 9.87. The van der Waals surface area contributed by atoms with Gasteiger partial charge in [-0.25, -0.2) is 0 Å². The molecule has 1 aromatic heterocycles. The fourth-order valence-corrected chi connectivity index (χ4v) is 5.33. The molecule has 0 saturated carbocycles. The number of alkyl halides is 4. The molecule has 6 nitrogen and oxygen atoms in total. The Morgan fingerprint density at radius 2 is 2.03 bits per heavy atom. The van der Waals surface area contributed by atoms with Gasteiger partial charge in [0, 0.05) is 35.1 Å². The number of ether oxygens (including phenoxy) is 1. The summed E-state index contributed by atoms with van der Waals surface area (Å²) in [7, 11) is 0. The van der Waals surface area contributed by atoms with Crippen molar-refractivity contribution in [3.63, 3.8) is 0 Å². The Kier molecular flexibility index (Phi) is 6.87. The summed E-state index contributed by atoms with van der Waals surface area (Å²) in [4.78, 5) is 18.1. The van der Waals surface area contributed by atoms with Gasteiger partial charge >= 0.3 is 6.18 Å². The molecule has 1 fully saturated rings. The molecule has 0 bridgehead atoms. The first kappa shape index (κ1) is 26.1. The quantitative estimate of drug-likeness (QED) is 0.453. The fraction of sp³-hybridized carbons (Fsp3) is 0.357. The third-order valence-electron chi connectivity index (χ3n) is 7.47. The number of nitrogens with zero attached hydrogens (tertiary/aromatic N) is 2. The number of aryl methyl sites for hydroxylation is 1. The van der Waals surface area contributed by atoms with Crippen LogP contribution in [-0.4, -0.2) is 55.1 Å². The molecule has 2 aliphatic rings. The maximum atomic E-state index is 14.2. The Labute approximate surface area is 217 Å². The minimum atomic E-state index is -4.65. The highest BCUT2D eigenvalue weighted by Crippen LogP contribution is 2.44. The number of morpholine rings is 1. The smallest absolute Gasteiger partial charge is 0.396 e. The number of amides is 1. The molecule has 0 aliphatic carbocycles. The number of anilines is 2. The summed E-state index contributed by atoms with van der Waals surface area (Å²) < 4.78 is 58.9. The van der Waals surface area contributed by atoms with Crippen molar-refractivity contribution in [2.24, 2.45) is 5.41 Å². The maximum absolute atomic E-state index is 14.2. The Morgan fingerprint density at radius 3 is 2.76 bits per heavy atom. The third kappa shape index (κ3) is 4.74. The lowest BCUT2D eigenvalue weighted by Crippen LogP contribution is -2.61. The van der Waals surface area contributed by atoms with Crippen LogP contribution in [0.15, 0.2) is 54.7 Å². The normalized spacial score (nSPS) is 21.0. The van der Waals surface area contributed by atoms with Gasteiger partial charge in [0.05, 0.1) is 32.5 Å². The van der Waals surface area contributed by atoms with Crippen molar-refractivity contribution < 1.29 is 32.2 Å². The third-order valence-corrected chi connectivity index (χ3v) is 7.47. The molecular weight excluding hydrogens is 502 g/mol. The molecular formula is C28H27F4N3O3. The van der Waals surface area contributed by atoms with E-state index in [9.17, 15) is 27.5 Å². The Hall–Kier alpha value is -3.50. The van der Waals surface area contributed by atoms with Crippen molar-refractivity contribution >= 4 is 17.3 Å². The standard InChI is InChI=1S/C28H27F4N3O3/c1-17-2-5-21(34-26(37)19-6-7-33-24(11-19)28(30,31)32)12-22(17)18-3-4-20-13-27(15-29,16-36)25-14-38-9-8-35(25)23(20)10-18/h2-7,10-12,25,36H,8-9,13-16H2,1H3,(H,34,37)/t25-,27-/m1/s1. The zero-order chi connectivity index (χ0) is 27.1. The largest absolute Gasteiger partial charge is 0.433 e. The highest BCUT2D eigenvalue weighted by molar-refractivity contribution is 6.04. The molecule has 5 rings (SSSR count). The molecule has 0 spiro atoms.